The van der Waals surface area contributed by atoms with Crippen LogP contribution in [0.25, 0.3) is 0 Å². The van der Waals surface area contributed by atoms with Crippen molar-refractivity contribution in [2.45, 2.75) is 12.5 Å². The predicted octanol–water partition coefficient (Wildman–Crippen LogP) is 2.42. The van der Waals surface area contributed by atoms with Crippen molar-refractivity contribution in [2.24, 2.45) is 0 Å². The second kappa shape index (κ2) is 6.62. The Morgan fingerprint density at radius 2 is 1.79 bits per heavy atom. The highest BCUT2D eigenvalue weighted by Gasteiger charge is 2.31. The fourth-order valence-electron chi connectivity index (χ4n) is 2.58. The Morgan fingerprint density at radius 3 is 2.46 bits per heavy atom. The van der Waals surface area contributed by atoms with Crippen molar-refractivity contribution < 1.29 is 23.8 Å². The van der Waals surface area contributed by atoms with Gasteiger partial charge in [-0.25, -0.2) is 4.79 Å². The molecule has 3 rings (SSSR count). The molecule has 0 radical (unpaired) electrons. The van der Waals surface area contributed by atoms with E-state index in [1.165, 1.54) is 14.2 Å². The van der Waals surface area contributed by atoms with E-state index in [1.807, 2.05) is 12.1 Å². The minimum atomic E-state index is -0.871. The second-order valence-corrected chi connectivity index (χ2v) is 5.35. The molecule has 0 fully saturated rings. The van der Waals surface area contributed by atoms with Crippen LogP contribution in [0.3, 0.4) is 0 Å². The molecule has 124 valence electrons. The average molecular weight is 327 g/mol. The van der Waals surface area contributed by atoms with E-state index in [2.05, 4.69) is 5.32 Å². The van der Waals surface area contributed by atoms with E-state index >= 15 is 0 Å². The van der Waals surface area contributed by atoms with Gasteiger partial charge >= 0.3 is 5.97 Å². The number of amides is 1. The Bertz CT molecular complexity index is 764. The van der Waals surface area contributed by atoms with E-state index in [0.29, 0.717) is 29.2 Å². The smallest absolute Gasteiger partial charge is 0.339 e. The fraction of sp³-hybridized carbons (Fsp3) is 0.222. The van der Waals surface area contributed by atoms with E-state index in [0.717, 1.165) is 5.56 Å². The molecule has 1 aliphatic heterocycles. The molecule has 24 heavy (non-hydrogen) atoms. The van der Waals surface area contributed by atoms with Crippen LogP contribution in [0.15, 0.2) is 42.5 Å². The van der Waals surface area contributed by atoms with Crippen molar-refractivity contribution in [3.05, 3.63) is 53.6 Å². The Hall–Kier alpha value is -3.02. The van der Waals surface area contributed by atoms with Crippen LogP contribution in [-0.2, 0) is 16.0 Å². The number of benzene rings is 2. The van der Waals surface area contributed by atoms with Crippen molar-refractivity contribution in [1.82, 2.24) is 0 Å². The van der Waals surface area contributed by atoms with Crippen LogP contribution in [-0.4, -0.2) is 32.2 Å². The number of fused-ring (bicyclic) bond motifs is 1. The minimum absolute atomic E-state index is 0.342. The molecular formula is C18H17NO5. The summed E-state index contributed by atoms with van der Waals surface area (Å²) in [6.45, 7) is 0. The number of carbonyl (C=O) groups excluding carboxylic acids is 2. The lowest BCUT2D eigenvalue weighted by Gasteiger charge is -2.23. The number of carbonyl (C=O) groups is 2. The van der Waals surface area contributed by atoms with Crippen molar-refractivity contribution >= 4 is 17.6 Å². The van der Waals surface area contributed by atoms with E-state index in [9.17, 15) is 9.59 Å². The average Bonchev–Trinajstić information content (AvgIpc) is 2.61. The molecule has 0 saturated heterocycles. The van der Waals surface area contributed by atoms with Gasteiger partial charge in [0.1, 0.15) is 11.5 Å². The molecule has 2 aromatic carbocycles. The van der Waals surface area contributed by atoms with Crippen LogP contribution in [0.4, 0.5) is 5.69 Å². The quantitative estimate of drug-likeness (QED) is 0.873. The van der Waals surface area contributed by atoms with Gasteiger partial charge in [-0.15, -0.1) is 0 Å². The topological polar surface area (TPSA) is 73.9 Å². The molecule has 1 atom stereocenters. The van der Waals surface area contributed by atoms with Crippen LogP contribution in [0.5, 0.6) is 11.5 Å². The first kappa shape index (κ1) is 15.9. The number of rotatable bonds is 4. The number of anilines is 1. The Balaban J connectivity index is 1.78. The molecule has 1 aliphatic rings. The van der Waals surface area contributed by atoms with Gasteiger partial charge in [-0.1, -0.05) is 18.2 Å². The molecule has 1 amide bonds. The first-order valence-corrected chi connectivity index (χ1v) is 7.43. The summed E-state index contributed by atoms with van der Waals surface area (Å²) >= 11 is 0. The summed E-state index contributed by atoms with van der Waals surface area (Å²) in [4.78, 5) is 24.5. The predicted molar refractivity (Wildman–Crippen MR) is 87.5 cm³/mol. The van der Waals surface area contributed by atoms with Crippen molar-refractivity contribution in [2.75, 3.05) is 19.5 Å². The Kier molecular flexibility index (Phi) is 4.37. The van der Waals surface area contributed by atoms with Crippen LogP contribution in [0.1, 0.15) is 15.9 Å². The molecule has 0 aliphatic carbocycles. The molecule has 1 N–H and O–H groups in total. The van der Waals surface area contributed by atoms with E-state index in [-0.39, 0.29) is 0 Å². The highest BCUT2D eigenvalue weighted by atomic mass is 16.5. The van der Waals surface area contributed by atoms with E-state index < -0.39 is 18.0 Å². The number of hydrogen-bond acceptors (Lipinski definition) is 5. The molecule has 0 saturated carbocycles. The summed E-state index contributed by atoms with van der Waals surface area (Å²) in [7, 11) is 3.06. The monoisotopic (exact) mass is 327 g/mol. The number of esters is 1. The highest BCUT2D eigenvalue weighted by molar-refractivity contribution is 6.00. The van der Waals surface area contributed by atoms with Crippen LogP contribution >= 0.6 is 0 Å². The van der Waals surface area contributed by atoms with Gasteiger partial charge in [-0.2, -0.15) is 0 Å². The third kappa shape index (κ3) is 3.17. The molecule has 6 heteroatoms. The maximum absolute atomic E-state index is 12.5. The number of nitrogens with one attached hydrogen (secondary N) is 1. The Labute approximate surface area is 139 Å². The second-order valence-electron chi connectivity index (χ2n) is 5.35. The molecule has 0 unspecified atom stereocenters. The standard InChI is InChI=1S/C18H17NO5/c1-22-13-8-12(9-14(10-13)23-2)19-17(20)16-7-11-5-3-4-6-15(11)18(21)24-16/h3-6,8-10,16H,7H2,1-2H3,(H,19,20)/t16-/m1/s1. The van der Waals surface area contributed by atoms with Crippen molar-refractivity contribution in [1.29, 1.82) is 0 Å². The van der Waals surface area contributed by atoms with Gasteiger partial charge in [0.25, 0.3) is 5.91 Å². The van der Waals surface area contributed by atoms with Crippen LogP contribution in [0.2, 0.25) is 0 Å². The summed E-state index contributed by atoms with van der Waals surface area (Å²) in [5.74, 6) is 0.222. The normalized spacial score (nSPS) is 15.9. The number of cyclic esters (lactones) is 1. The van der Waals surface area contributed by atoms with Crippen LogP contribution in [0, 0.1) is 0 Å². The molecule has 1 heterocycles. The SMILES string of the molecule is COc1cc(NC(=O)[C@H]2Cc3ccccc3C(=O)O2)cc(OC)c1. The molecule has 6 nitrogen and oxygen atoms in total. The molecular weight excluding hydrogens is 310 g/mol. The highest BCUT2D eigenvalue weighted by Crippen LogP contribution is 2.27. The first-order chi connectivity index (χ1) is 11.6. The molecule has 0 aromatic heterocycles. The number of ether oxygens (including phenoxy) is 3. The number of methoxy groups -OCH3 is 2. The molecule has 0 bridgehead atoms. The van der Waals surface area contributed by atoms with Gasteiger partial charge in [-0.05, 0) is 11.6 Å². The maximum Gasteiger partial charge on any atom is 0.339 e. The van der Waals surface area contributed by atoms with E-state index in [4.69, 9.17) is 14.2 Å². The molecule has 2 aromatic rings. The summed E-state index contributed by atoms with van der Waals surface area (Å²) in [6, 6.07) is 12.1. The summed E-state index contributed by atoms with van der Waals surface area (Å²) in [6.07, 6.45) is -0.529. The minimum Gasteiger partial charge on any atom is -0.497 e. The van der Waals surface area contributed by atoms with Gasteiger partial charge in [0.15, 0.2) is 6.10 Å². The summed E-state index contributed by atoms with van der Waals surface area (Å²) < 4.78 is 15.6. The third-order valence-electron chi connectivity index (χ3n) is 3.80. The summed E-state index contributed by atoms with van der Waals surface area (Å²) in [5, 5.41) is 2.74. The zero-order chi connectivity index (χ0) is 17.1. The van der Waals surface area contributed by atoms with Crippen LogP contribution < -0.4 is 14.8 Å². The lowest BCUT2D eigenvalue weighted by molar-refractivity contribution is -0.125. The zero-order valence-electron chi connectivity index (χ0n) is 13.4. The van der Waals surface area contributed by atoms with Gasteiger partial charge < -0.3 is 19.5 Å². The molecule has 0 spiro atoms. The van der Waals surface area contributed by atoms with Gasteiger partial charge in [0, 0.05) is 30.3 Å². The Morgan fingerprint density at radius 1 is 1.12 bits per heavy atom. The van der Waals surface area contributed by atoms with Gasteiger partial charge in [-0.3, -0.25) is 4.79 Å². The zero-order valence-corrected chi connectivity index (χ0v) is 13.4. The first-order valence-electron chi connectivity index (χ1n) is 7.43. The maximum atomic E-state index is 12.5. The van der Waals surface area contributed by atoms with Gasteiger partial charge in [0.2, 0.25) is 0 Å². The van der Waals surface area contributed by atoms with Crippen molar-refractivity contribution in [3.63, 3.8) is 0 Å². The van der Waals surface area contributed by atoms with E-state index in [1.54, 1.807) is 30.3 Å². The van der Waals surface area contributed by atoms with Crippen molar-refractivity contribution in [3.8, 4) is 11.5 Å². The summed E-state index contributed by atoms with van der Waals surface area (Å²) in [5.41, 5.74) is 1.81. The lowest BCUT2D eigenvalue weighted by atomic mass is 9.98. The third-order valence-corrected chi connectivity index (χ3v) is 3.80. The largest absolute Gasteiger partial charge is 0.497 e. The fourth-order valence-corrected chi connectivity index (χ4v) is 2.58. The lowest BCUT2D eigenvalue weighted by Crippen LogP contribution is -2.37. The van der Waals surface area contributed by atoms with Gasteiger partial charge in [0.05, 0.1) is 19.8 Å². The number of hydrogen-bond donors (Lipinski definition) is 1.